The lowest BCUT2D eigenvalue weighted by molar-refractivity contribution is 0.414. The highest BCUT2D eigenvalue weighted by molar-refractivity contribution is 5.74. The molecule has 0 aliphatic carbocycles. The van der Waals surface area contributed by atoms with Crippen molar-refractivity contribution in [1.82, 2.24) is 0 Å². The second-order valence-electron chi connectivity index (χ2n) is 10.0. The Morgan fingerprint density at radius 1 is 0.333 bits per heavy atom. The topological polar surface area (TPSA) is 49.9 Å². The molecule has 8 heteroatoms. The van der Waals surface area contributed by atoms with E-state index in [9.17, 15) is 0 Å². The van der Waals surface area contributed by atoms with Crippen LogP contribution in [0.2, 0.25) is 0 Å². The van der Waals surface area contributed by atoms with Crippen molar-refractivity contribution in [2.45, 2.75) is 0 Å². The van der Waals surface area contributed by atoms with Gasteiger partial charge in [0.1, 0.15) is 23.0 Å². The summed E-state index contributed by atoms with van der Waals surface area (Å²) in [5.41, 5.74) is 4.41. The Morgan fingerprint density at radius 2 is 0.524 bits per heavy atom. The fourth-order valence-corrected chi connectivity index (χ4v) is 5.65. The maximum absolute atomic E-state index is 5.47. The average molecular weight is 565 g/mol. The summed E-state index contributed by atoms with van der Waals surface area (Å²) in [6, 6.07) is 33.2. The molecule has 2 fully saturated rings. The van der Waals surface area contributed by atoms with Crippen LogP contribution >= 0.6 is 0 Å². The molecule has 6 rings (SSSR count). The average Bonchev–Trinajstić information content (AvgIpc) is 3.70. The fraction of sp³-hybridized carbons (Fsp3) is 0.235. The van der Waals surface area contributed by atoms with E-state index < -0.39 is 0 Å². The van der Waals surface area contributed by atoms with Crippen molar-refractivity contribution < 1.29 is 18.9 Å². The molecule has 2 aliphatic heterocycles. The minimum absolute atomic E-state index is 0.824. The lowest BCUT2D eigenvalue weighted by Gasteiger charge is -2.34. The van der Waals surface area contributed by atoms with Crippen molar-refractivity contribution in [3.05, 3.63) is 109 Å². The van der Waals surface area contributed by atoms with E-state index in [1.807, 2.05) is 48.5 Å². The van der Waals surface area contributed by atoms with Gasteiger partial charge in [-0.05, 0) is 97.1 Å². The van der Waals surface area contributed by atoms with Crippen LogP contribution in [-0.4, -0.2) is 54.6 Å². The molecule has 0 radical (unpaired) electrons. The molecule has 4 aromatic rings. The number of benzene rings is 4. The molecular weight excluding hydrogens is 528 g/mol. The van der Waals surface area contributed by atoms with Crippen LogP contribution in [0.25, 0.3) is 0 Å². The molecule has 0 aromatic heterocycles. The number of hydrogen-bond donors (Lipinski definition) is 0. The van der Waals surface area contributed by atoms with E-state index >= 15 is 0 Å². The molecule has 0 bridgehead atoms. The van der Waals surface area contributed by atoms with E-state index in [1.54, 1.807) is 28.4 Å². The quantitative estimate of drug-likeness (QED) is 0.251. The molecule has 0 atom stereocenters. The van der Waals surface area contributed by atoms with Crippen molar-refractivity contribution in [2.75, 3.05) is 74.2 Å². The minimum atomic E-state index is 0.824. The number of methoxy groups -OCH3 is 4. The summed E-state index contributed by atoms with van der Waals surface area (Å²) in [7, 11) is 6.78. The maximum atomic E-state index is 5.47. The molecule has 216 valence electrons. The first-order valence-electron chi connectivity index (χ1n) is 14.0. The molecule has 42 heavy (non-hydrogen) atoms. The summed E-state index contributed by atoms with van der Waals surface area (Å²) in [5.74, 6) is 5.54. The highest BCUT2D eigenvalue weighted by atomic mass is 16.5. The highest BCUT2D eigenvalue weighted by Crippen LogP contribution is 2.41. The Bertz CT molecular complexity index is 1290. The van der Waals surface area contributed by atoms with Gasteiger partial charge in [-0.15, -0.1) is 0 Å². The normalized spacial score (nSPS) is 15.0. The third-order valence-electron chi connectivity index (χ3n) is 7.85. The number of rotatable bonds is 8. The van der Waals surface area contributed by atoms with Crippen LogP contribution in [-0.2, 0) is 0 Å². The third kappa shape index (κ3) is 5.11. The molecule has 0 amide bonds. The van der Waals surface area contributed by atoms with Gasteiger partial charge in [0.05, 0.1) is 28.4 Å². The van der Waals surface area contributed by atoms with Gasteiger partial charge in [-0.3, -0.25) is 0 Å². The standard InChI is InChI=1S/C34H36N4O4/c1-39-29-13-5-25(6-14-29)35-21-22-36(26-7-15-30(40-2)16-8-26)33(35)34-37(27-9-17-31(41-3)18-10-27)23-24-38(34)28-11-19-32(42-4)20-12-28/h5-20H,21-24H2,1-4H3. The number of anilines is 4. The number of nitrogens with zero attached hydrogens (tertiary/aromatic N) is 4. The van der Waals surface area contributed by atoms with Crippen LogP contribution < -0.4 is 38.5 Å². The molecule has 0 spiro atoms. The van der Waals surface area contributed by atoms with E-state index in [-0.39, 0.29) is 0 Å². The van der Waals surface area contributed by atoms with Crippen LogP contribution in [0, 0.1) is 0 Å². The molecule has 0 unspecified atom stereocenters. The largest absolute Gasteiger partial charge is 0.497 e. The molecule has 8 nitrogen and oxygen atoms in total. The second-order valence-corrected chi connectivity index (χ2v) is 10.0. The van der Waals surface area contributed by atoms with Crippen LogP contribution in [0.1, 0.15) is 0 Å². The fourth-order valence-electron chi connectivity index (χ4n) is 5.65. The van der Waals surface area contributed by atoms with Gasteiger partial charge in [-0.1, -0.05) is 0 Å². The zero-order chi connectivity index (χ0) is 29.1. The Balaban J connectivity index is 1.55. The smallest absolute Gasteiger partial charge is 0.156 e. The minimum Gasteiger partial charge on any atom is -0.497 e. The molecular formula is C34H36N4O4. The Labute approximate surface area is 247 Å². The van der Waals surface area contributed by atoms with Crippen molar-refractivity contribution in [2.24, 2.45) is 0 Å². The molecule has 4 aromatic carbocycles. The Morgan fingerprint density at radius 3 is 0.690 bits per heavy atom. The first-order valence-corrected chi connectivity index (χ1v) is 14.0. The van der Waals surface area contributed by atoms with Crippen molar-refractivity contribution >= 4 is 22.7 Å². The molecule has 2 saturated heterocycles. The zero-order valence-corrected chi connectivity index (χ0v) is 24.5. The van der Waals surface area contributed by atoms with E-state index in [0.717, 1.165) is 83.6 Å². The van der Waals surface area contributed by atoms with E-state index in [2.05, 4.69) is 68.1 Å². The summed E-state index contributed by atoms with van der Waals surface area (Å²) in [6.45, 7) is 3.29. The van der Waals surface area contributed by atoms with Crippen molar-refractivity contribution in [1.29, 1.82) is 0 Å². The van der Waals surface area contributed by atoms with Gasteiger partial charge in [0, 0.05) is 48.9 Å². The Hall–Kier alpha value is -4.98. The highest BCUT2D eigenvalue weighted by Gasteiger charge is 2.38. The SMILES string of the molecule is COc1ccc(N2CCN(c3ccc(OC)cc3)C2=C2N(c3ccc(OC)cc3)CCN2c2ccc(OC)cc2)cc1. The van der Waals surface area contributed by atoms with Gasteiger partial charge in [-0.2, -0.15) is 0 Å². The molecule has 2 heterocycles. The third-order valence-corrected chi connectivity index (χ3v) is 7.85. The van der Waals surface area contributed by atoms with Gasteiger partial charge in [0.25, 0.3) is 0 Å². The predicted octanol–water partition coefficient (Wildman–Crippen LogP) is 6.20. The van der Waals surface area contributed by atoms with Gasteiger partial charge in [-0.25, -0.2) is 0 Å². The summed E-state index contributed by atoms with van der Waals surface area (Å²) in [6.07, 6.45) is 0. The molecule has 0 saturated carbocycles. The second kappa shape index (κ2) is 11.9. The predicted molar refractivity (Wildman–Crippen MR) is 168 cm³/mol. The summed E-state index contributed by atoms with van der Waals surface area (Å²) < 4.78 is 21.9. The van der Waals surface area contributed by atoms with Gasteiger partial charge >= 0.3 is 0 Å². The van der Waals surface area contributed by atoms with Crippen LogP contribution in [0.4, 0.5) is 22.7 Å². The maximum Gasteiger partial charge on any atom is 0.156 e. The van der Waals surface area contributed by atoms with Crippen molar-refractivity contribution in [3.63, 3.8) is 0 Å². The summed E-state index contributed by atoms with van der Waals surface area (Å²) in [4.78, 5) is 9.60. The zero-order valence-electron chi connectivity index (χ0n) is 24.5. The first-order chi connectivity index (χ1) is 20.6. The molecule has 2 aliphatic rings. The number of ether oxygens (including phenoxy) is 4. The lowest BCUT2D eigenvalue weighted by Crippen LogP contribution is -2.34. The monoisotopic (exact) mass is 564 g/mol. The van der Waals surface area contributed by atoms with E-state index in [4.69, 9.17) is 18.9 Å². The van der Waals surface area contributed by atoms with Gasteiger partial charge in [0.2, 0.25) is 0 Å². The Kier molecular flexibility index (Phi) is 7.68. The lowest BCUT2D eigenvalue weighted by atomic mass is 10.2. The number of hydrogen-bond acceptors (Lipinski definition) is 8. The van der Waals surface area contributed by atoms with Crippen molar-refractivity contribution in [3.8, 4) is 23.0 Å². The van der Waals surface area contributed by atoms with Gasteiger partial charge < -0.3 is 38.5 Å². The first kappa shape index (κ1) is 27.2. The van der Waals surface area contributed by atoms with Gasteiger partial charge in [0.15, 0.2) is 11.6 Å². The van der Waals surface area contributed by atoms with Crippen LogP contribution in [0.5, 0.6) is 23.0 Å². The molecule has 0 N–H and O–H groups in total. The summed E-state index contributed by atoms with van der Waals surface area (Å²) in [5, 5.41) is 0. The summed E-state index contributed by atoms with van der Waals surface area (Å²) >= 11 is 0. The van der Waals surface area contributed by atoms with E-state index in [1.165, 1.54) is 0 Å². The van der Waals surface area contributed by atoms with Crippen LogP contribution in [0.15, 0.2) is 109 Å². The van der Waals surface area contributed by atoms with Crippen LogP contribution in [0.3, 0.4) is 0 Å². The van der Waals surface area contributed by atoms with E-state index in [0.29, 0.717) is 0 Å².